The second-order valence-corrected chi connectivity index (χ2v) is 7.37. The molecule has 7 nitrogen and oxygen atoms in total. The molecule has 3 N–H and O–H groups in total. The number of nitrogens with one attached hydrogen (secondary N) is 1. The van der Waals surface area contributed by atoms with Crippen molar-refractivity contribution in [1.29, 1.82) is 0 Å². The van der Waals surface area contributed by atoms with Gasteiger partial charge in [0.2, 0.25) is 5.78 Å². The van der Waals surface area contributed by atoms with Crippen molar-refractivity contribution in [2.75, 3.05) is 0 Å². The fraction of sp³-hybridized carbons (Fsp3) is 0.0400. The Kier molecular flexibility index (Phi) is 5.39. The van der Waals surface area contributed by atoms with Crippen LogP contribution < -0.4 is 11.2 Å². The minimum atomic E-state index is -0.953. The summed E-state index contributed by atoms with van der Waals surface area (Å²) >= 11 is 0. The lowest BCUT2D eigenvalue weighted by molar-refractivity contribution is -0.119. The van der Waals surface area contributed by atoms with E-state index < -0.39 is 23.4 Å². The number of amides is 2. The fourth-order valence-corrected chi connectivity index (χ4v) is 3.34. The average molecular weight is 425 g/mol. The van der Waals surface area contributed by atoms with Crippen LogP contribution in [0.15, 0.2) is 90.3 Å². The molecular weight excluding hydrogens is 406 g/mol. The highest BCUT2D eigenvalue weighted by Crippen LogP contribution is 2.22. The normalized spacial score (nSPS) is 14.5. The van der Waals surface area contributed by atoms with E-state index in [1.165, 1.54) is 0 Å². The van der Waals surface area contributed by atoms with Gasteiger partial charge in [0.25, 0.3) is 11.8 Å². The number of hydrogen-bond donors (Lipinski definition) is 2. The Morgan fingerprint density at radius 3 is 2.25 bits per heavy atom. The molecule has 7 heteroatoms. The van der Waals surface area contributed by atoms with Gasteiger partial charge in [-0.3, -0.25) is 29.6 Å². The molecule has 0 aromatic heterocycles. The van der Waals surface area contributed by atoms with Crippen LogP contribution in [0.5, 0.6) is 0 Å². The minimum Gasteiger partial charge on any atom is -0.365 e. The molecule has 0 bridgehead atoms. The second kappa shape index (κ2) is 8.31. The Balaban J connectivity index is 1.65. The number of Topliss-reactive ketones (excluding diaryl/α,β-unsaturated/α-hetero) is 1. The zero-order valence-electron chi connectivity index (χ0n) is 17.2. The number of aryl methyl sites for hydroxylation is 1. The van der Waals surface area contributed by atoms with Crippen molar-refractivity contribution in [1.82, 2.24) is 10.4 Å². The van der Waals surface area contributed by atoms with Gasteiger partial charge in [0.05, 0.1) is 0 Å². The molecule has 0 radical (unpaired) electrons. The van der Waals surface area contributed by atoms with Crippen molar-refractivity contribution in [3.05, 3.63) is 107 Å². The number of carbonyl (C=O) groups excluding carboxylic acids is 4. The maximum absolute atomic E-state index is 12.9. The van der Waals surface area contributed by atoms with Crippen LogP contribution in [0.1, 0.15) is 26.3 Å². The molecule has 32 heavy (non-hydrogen) atoms. The zero-order chi connectivity index (χ0) is 22.8. The highest BCUT2D eigenvalue weighted by atomic mass is 16.2. The third-order valence-electron chi connectivity index (χ3n) is 5.10. The number of rotatable bonds is 5. The standard InChI is InChI=1S/C25H19N3O4/c1-15-6-8-17(9-7-15)25(32)27-28-14-20(24(26)31)23(30)21(28)13-22(29)19-11-10-16-4-2-3-5-18(16)12-19/h2-14H,1H3,(H2,26,31)(H,27,32). The molecule has 0 aliphatic carbocycles. The third-order valence-corrected chi connectivity index (χ3v) is 5.10. The van der Waals surface area contributed by atoms with E-state index in [1.807, 2.05) is 37.3 Å². The van der Waals surface area contributed by atoms with E-state index in [4.69, 9.17) is 5.73 Å². The number of nitrogens with zero attached hydrogens (tertiary/aromatic N) is 1. The van der Waals surface area contributed by atoms with Crippen molar-refractivity contribution >= 4 is 34.2 Å². The first-order chi connectivity index (χ1) is 15.3. The molecular formula is C25H19N3O4. The first-order valence-corrected chi connectivity index (χ1v) is 9.81. The Labute approximate surface area is 183 Å². The predicted octanol–water partition coefficient (Wildman–Crippen LogP) is 2.81. The van der Waals surface area contributed by atoms with Gasteiger partial charge in [-0.05, 0) is 35.9 Å². The van der Waals surface area contributed by atoms with Gasteiger partial charge in [-0.2, -0.15) is 0 Å². The van der Waals surface area contributed by atoms with E-state index in [2.05, 4.69) is 5.43 Å². The van der Waals surface area contributed by atoms with E-state index in [1.54, 1.807) is 36.4 Å². The zero-order valence-corrected chi connectivity index (χ0v) is 17.2. The number of hydrazine groups is 1. The topological polar surface area (TPSA) is 110 Å². The maximum atomic E-state index is 12.9. The lowest BCUT2D eigenvalue weighted by atomic mass is 10.0. The summed E-state index contributed by atoms with van der Waals surface area (Å²) in [6, 6.07) is 19.5. The highest BCUT2D eigenvalue weighted by Gasteiger charge is 2.33. The number of hydrogen-bond acceptors (Lipinski definition) is 5. The van der Waals surface area contributed by atoms with Crippen LogP contribution >= 0.6 is 0 Å². The van der Waals surface area contributed by atoms with Crippen LogP contribution in [-0.4, -0.2) is 28.4 Å². The van der Waals surface area contributed by atoms with E-state index >= 15 is 0 Å². The largest absolute Gasteiger partial charge is 0.365 e. The van der Waals surface area contributed by atoms with Gasteiger partial charge in [-0.1, -0.05) is 54.1 Å². The summed E-state index contributed by atoms with van der Waals surface area (Å²) in [5.41, 5.74) is 9.03. The van der Waals surface area contributed by atoms with Gasteiger partial charge >= 0.3 is 0 Å². The van der Waals surface area contributed by atoms with Crippen molar-refractivity contribution in [3.8, 4) is 0 Å². The summed E-state index contributed by atoms with van der Waals surface area (Å²) in [4.78, 5) is 49.9. The first-order valence-electron chi connectivity index (χ1n) is 9.81. The van der Waals surface area contributed by atoms with Crippen molar-refractivity contribution in [2.45, 2.75) is 6.92 Å². The second-order valence-electron chi connectivity index (χ2n) is 7.37. The number of carbonyl (C=O) groups is 4. The molecule has 0 unspecified atom stereocenters. The first kappa shape index (κ1) is 20.7. The molecule has 158 valence electrons. The van der Waals surface area contributed by atoms with Crippen molar-refractivity contribution in [3.63, 3.8) is 0 Å². The van der Waals surface area contributed by atoms with Crippen LogP contribution in [-0.2, 0) is 9.59 Å². The number of nitrogens with two attached hydrogens (primary N) is 1. The molecule has 0 fully saturated rings. The molecule has 3 aromatic rings. The van der Waals surface area contributed by atoms with Crippen LogP contribution in [0.2, 0.25) is 0 Å². The monoisotopic (exact) mass is 425 g/mol. The fourth-order valence-electron chi connectivity index (χ4n) is 3.34. The van der Waals surface area contributed by atoms with Crippen LogP contribution in [0.25, 0.3) is 10.8 Å². The molecule has 0 saturated carbocycles. The Morgan fingerprint density at radius 1 is 0.906 bits per heavy atom. The van der Waals surface area contributed by atoms with Gasteiger partial charge < -0.3 is 5.73 Å². The summed E-state index contributed by atoms with van der Waals surface area (Å²) in [5.74, 6) is -2.65. The Bertz CT molecular complexity index is 1340. The molecule has 0 atom stereocenters. The van der Waals surface area contributed by atoms with Gasteiger partial charge in [0.1, 0.15) is 11.3 Å². The van der Waals surface area contributed by atoms with Crippen molar-refractivity contribution < 1.29 is 19.2 Å². The quantitative estimate of drug-likeness (QED) is 0.371. The van der Waals surface area contributed by atoms with Crippen LogP contribution in [0.4, 0.5) is 0 Å². The number of ketones is 2. The van der Waals surface area contributed by atoms with E-state index in [0.717, 1.165) is 33.6 Å². The lowest BCUT2D eigenvalue weighted by Crippen LogP contribution is -2.37. The summed E-state index contributed by atoms with van der Waals surface area (Å²) in [7, 11) is 0. The van der Waals surface area contributed by atoms with Gasteiger partial charge in [0, 0.05) is 23.4 Å². The van der Waals surface area contributed by atoms with E-state index in [-0.39, 0.29) is 11.3 Å². The van der Waals surface area contributed by atoms with E-state index in [0.29, 0.717) is 11.1 Å². The minimum absolute atomic E-state index is 0.169. The van der Waals surface area contributed by atoms with Gasteiger partial charge in [-0.15, -0.1) is 0 Å². The number of benzene rings is 3. The van der Waals surface area contributed by atoms with Gasteiger partial charge in [-0.25, -0.2) is 0 Å². The van der Waals surface area contributed by atoms with Crippen LogP contribution in [0.3, 0.4) is 0 Å². The molecule has 0 spiro atoms. The summed E-state index contributed by atoms with van der Waals surface area (Å²) in [6.45, 7) is 1.89. The lowest BCUT2D eigenvalue weighted by Gasteiger charge is -2.18. The number of fused-ring (bicyclic) bond motifs is 1. The molecule has 1 aliphatic rings. The smallest absolute Gasteiger partial charge is 0.270 e. The van der Waals surface area contributed by atoms with Crippen molar-refractivity contribution in [2.24, 2.45) is 5.73 Å². The Morgan fingerprint density at radius 2 is 1.56 bits per heavy atom. The third kappa shape index (κ3) is 4.04. The highest BCUT2D eigenvalue weighted by molar-refractivity contribution is 6.28. The molecule has 2 amide bonds. The number of allylic oxidation sites excluding steroid dienone is 2. The van der Waals surface area contributed by atoms with E-state index in [9.17, 15) is 19.2 Å². The molecule has 1 aliphatic heterocycles. The Hall–Kier alpha value is -4.52. The maximum Gasteiger partial charge on any atom is 0.270 e. The van der Waals surface area contributed by atoms with Gasteiger partial charge in [0.15, 0.2) is 5.78 Å². The van der Waals surface area contributed by atoms with Crippen LogP contribution in [0, 0.1) is 6.92 Å². The summed E-state index contributed by atoms with van der Waals surface area (Å²) in [6.07, 6.45) is 2.21. The average Bonchev–Trinajstić information content (AvgIpc) is 3.09. The summed E-state index contributed by atoms with van der Waals surface area (Å²) in [5, 5.41) is 2.90. The summed E-state index contributed by atoms with van der Waals surface area (Å²) < 4.78 is 0. The molecule has 4 rings (SSSR count). The number of primary amides is 1. The molecule has 0 saturated heterocycles. The molecule has 3 aromatic carbocycles. The SMILES string of the molecule is Cc1ccc(C(=O)NN2C=C(C(N)=O)C(=O)C2=CC(=O)c2ccc3ccccc3c2)cc1. The molecule has 1 heterocycles. The predicted molar refractivity (Wildman–Crippen MR) is 119 cm³/mol.